The van der Waals surface area contributed by atoms with Crippen LogP contribution in [0.3, 0.4) is 0 Å². The predicted octanol–water partition coefficient (Wildman–Crippen LogP) is 4.27. The third-order valence-electron chi connectivity index (χ3n) is 4.30. The molecule has 2 aromatic carbocycles. The van der Waals surface area contributed by atoms with Gasteiger partial charge >= 0.3 is 0 Å². The molecule has 6 heteroatoms. The summed E-state index contributed by atoms with van der Waals surface area (Å²) in [5.41, 5.74) is 3.42. The summed E-state index contributed by atoms with van der Waals surface area (Å²) in [4.78, 5) is 4.50. The minimum atomic E-state index is 0.724. The van der Waals surface area contributed by atoms with Crippen molar-refractivity contribution in [2.45, 2.75) is 17.8 Å². The molecule has 0 amide bonds. The second-order valence-corrected chi connectivity index (χ2v) is 6.96. The first-order valence-corrected chi connectivity index (χ1v) is 9.38. The van der Waals surface area contributed by atoms with Crippen molar-refractivity contribution in [1.29, 1.82) is 0 Å². The van der Waals surface area contributed by atoms with Crippen LogP contribution in [-0.2, 0) is 12.8 Å². The molecule has 0 N–H and O–H groups in total. The zero-order valence-electron chi connectivity index (χ0n) is 14.7. The van der Waals surface area contributed by atoms with E-state index < -0.39 is 0 Å². The summed E-state index contributed by atoms with van der Waals surface area (Å²) < 4.78 is 4.15. The molecule has 0 unspecified atom stereocenters. The number of rotatable bonds is 5. The zero-order chi connectivity index (χ0) is 17.9. The van der Waals surface area contributed by atoms with Crippen LogP contribution in [0, 0.1) is 6.92 Å². The number of aromatic nitrogens is 5. The molecule has 0 atom stereocenters. The summed E-state index contributed by atoms with van der Waals surface area (Å²) in [6, 6.07) is 18.5. The summed E-state index contributed by atoms with van der Waals surface area (Å²) in [6.45, 7) is 2.09. The molecular formula is C20H19N5S. The molecule has 0 radical (unpaired) electrons. The lowest BCUT2D eigenvalue weighted by atomic mass is 10.1. The highest BCUT2D eigenvalue weighted by molar-refractivity contribution is 7.98. The molecule has 0 spiro atoms. The molecule has 130 valence electrons. The summed E-state index contributed by atoms with van der Waals surface area (Å²) in [7, 11) is 2.01. The highest BCUT2D eigenvalue weighted by Gasteiger charge is 2.14. The molecule has 4 aromatic rings. The van der Waals surface area contributed by atoms with Crippen LogP contribution in [-0.4, -0.2) is 24.3 Å². The molecule has 0 aliphatic carbocycles. The van der Waals surface area contributed by atoms with Gasteiger partial charge in [-0.15, -0.1) is 10.2 Å². The Morgan fingerprint density at radius 2 is 1.73 bits per heavy atom. The van der Waals surface area contributed by atoms with E-state index in [-0.39, 0.29) is 0 Å². The number of hydrogen-bond donors (Lipinski definition) is 0. The predicted molar refractivity (Wildman–Crippen MR) is 104 cm³/mol. The van der Waals surface area contributed by atoms with E-state index in [0.717, 1.165) is 33.8 Å². The molecule has 0 saturated heterocycles. The van der Waals surface area contributed by atoms with Gasteiger partial charge in [0.05, 0.1) is 5.75 Å². The third kappa shape index (κ3) is 3.15. The zero-order valence-corrected chi connectivity index (χ0v) is 15.5. The monoisotopic (exact) mass is 361 g/mol. The Balaban J connectivity index is 1.56. The largest absolute Gasteiger partial charge is 0.305 e. The summed E-state index contributed by atoms with van der Waals surface area (Å²) >= 11 is 1.64. The van der Waals surface area contributed by atoms with Crippen molar-refractivity contribution in [3.63, 3.8) is 0 Å². The second kappa shape index (κ2) is 7.17. The lowest BCUT2D eigenvalue weighted by molar-refractivity contribution is 0.792. The molecule has 0 aliphatic heterocycles. The van der Waals surface area contributed by atoms with E-state index in [1.165, 1.54) is 5.56 Å². The molecule has 0 aliphatic rings. The van der Waals surface area contributed by atoms with E-state index in [9.17, 15) is 0 Å². The fraction of sp³-hybridized carbons (Fsp3) is 0.150. The second-order valence-electron chi connectivity index (χ2n) is 6.02. The lowest BCUT2D eigenvalue weighted by Crippen LogP contribution is -2.00. The quantitative estimate of drug-likeness (QED) is 0.498. The summed E-state index contributed by atoms with van der Waals surface area (Å²) in [5, 5.41) is 9.65. The van der Waals surface area contributed by atoms with E-state index >= 15 is 0 Å². The maximum absolute atomic E-state index is 4.50. The van der Waals surface area contributed by atoms with Crippen LogP contribution in [0.1, 0.15) is 11.4 Å². The standard InChI is InChI=1S/C20H19N5S/c1-15-8-6-7-11-17(15)19-22-23-20(24(19)2)26-14-18-21-12-13-25(18)16-9-4-3-5-10-16/h3-13H,14H2,1-2H3. The summed E-state index contributed by atoms with van der Waals surface area (Å²) in [6.07, 6.45) is 3.82. The lowest BCUT2D eigenvalue weighted by Gasteiger charge is -2.08. The number of thioether (sulfide) groups is 1. The van der Waals surface area contributed by atoms with Crippen LogP contribution in [0.15, 0.2) is 72.1 Å². The fourth-order valence-electron chi connectivity index (χ4n) is 2.89. The van der Waals surface area contributed by atoms with Gasteiger partial charge in [-0.2, -0.15) is 0 Å². The van der Waals surface area contributed by atoms with Crippen LogP contribution in [0.5, 0.6) is 0 Å². The van der Waals surface area contributed by atoms with Crippen molar-refractivity contribution in [2.75, 3.05) is 0 Å². The van der Waals surface area contributed by atoms with Gasteiger partial charge in [-0.05, 0) is 24.6 Å². The number of imidazole rings is 1. The van der Waals surface area contributed by atoms with Gasteiger partial charge < -0.3 is 9.13 Å². The van der Waals surface area contributed by atoms with Gasteiger partial charge in [0, 0.05) is 30.7 Å². The van der Waals surface area contributed by atoms with Crippen molar-refractivity contribution in [1.82, 2.24) is 24.3 Å². The number of aryl methyl sites for hydroxylation is 1. The number of nitrogens with zero attached hydrogens (tertiary/aromatic N) is 5. The third-order valence-corrected chi connectivity index (χ3v) is 5.32. The molecular weight excluding hydrogens is 342 g/mol. The first-order chi connectivity index (χ1) is 12.7. The normalized spacial score (nSPS) is 11.0. The van der Waals surface area contributed by atoms with Crippen molar-refractivity contribution in [3.05, 3.63) is 78.4 Å². The average Bonchev–Trinajstić information content (AvgIpc) is 3.28. The van der Waals surface area contributed by atoms with Gasteiger partial charge in [-0.3, -0.25) is 0 Å². The van der Waals surface area contributed by atoms with Gasteiger partial charge in [-0.25, -0.2) is 4.98 Å². The Morgan fingerprint density at radius 1 is 0.962 bits per heavy atom. The smallest absolute Gasteiger partial charge is 0.191 e. The Morgan fingerprint density at radius 3 is 2.54 bits per heavy atom. The molecule has 5 nitrogen and oxygen atoms in total. The Labute approximate surface area is 156 Å². The SMILES string of the molecule is Cc1ccccc1-c1nnc(SCc2nccn2-c2ccccc2)n1C. The van der Waals surface area contributed by atoms with E-state index in [0.29, 0.717) is 0 Å². The minimum Gasteiger partial charge on any atom is -0.305 e. The van der Waals surface area contributed by atoms with Crippen LogP contribution in [0.25, 0.3) is 17.1 Å². The topological polar surface area (TPSA) is 48.5 Å². The van der Waals surface area contributed by atoms with Gasteiger partial charge in [-0.1, -0.05) is 54.2 Å². The molecule has 0 fully saturated rings. The Hall–Kier alpha value is -2.86. The minimum absolute atomic E-state index is 0.724. The molecule has 2 aromatic heterocycles. The molecule has 2 heterocycles. The molecule has 26 heavy (non-hydrogen) atoms. The number of benzene rings is 2. The van der Waals surface area contributed by atoms with Crippen molar-refractivity contribution < 1.29 is 0 Å². The number of para-hydroxylation sites is 1. The summed E-state index contributed by atoms with van der Waals surface area (Å²) in [5.74, 6) is 2.60. The molecule has 4 rings (SSSR count). The van der Waals surface area contributed by atoms with Gasteiger partial charge in [0.25, 0.3) is 0 Å². The highest BCUT2D eigenvalue weighted by Crippen LogP contribution is 2.27. The Kier molecular flexibility index (Phi) is 4.58. The fourth-order valence-corrected chi connectivity index (χ4v) is 3.74. The van der Waals surface area contributed by atoms with Crippen molar-refractivity contribution in [3.8, 4) is 17.1 Å². The van der Waals surface area contributed by atoms with E-state index in [2.05, 4.69) is 50.9 Å². The van der Waals surface area contributed by atoms with Crippen molar-refractivity contribution in [2.24, 2.45) is 7.05 Å². The average molecular weight is 361 g/mol. The van der Waals surface area contributed by atoms with E-state index in [4.69, 9.17) is 0 Å². The number of hydrogen-bond acceptors (Lipinski definition) is 4. The molecule has 0 bridgehead atoms. The Bertz CT molecular complexity index is 1020. The maximum atomic E-state index is 4.50. The van der Waals surface area contributed by atoms with Gasteiger partial charge in [0.2, 0.25) is 0 Å². The first-order valence-electron chi connectivity index (χ1n) is 8.40. The first kappa shape index (κ1) is 16.6. The van der Waals surface area contributed by atoms with Gasteiger partial charge in [0.15, 0.2) is 11.0 Å². The highest BCUT2D eigenvalue weighted by atomic mass is 32.2. The van der Waals surface area contributed by atoms with Crippen molar-refractivity contribution >= 4 is 11.8 Å². The van der Waals surface area contributed by atoms with E-state index in [1.54, 1.807) is 11.8 Å². The van der Waals surface area contributed by atoms with Gasteiger partial charge in [0.1, 0.15) is 5.82 Å². The van der Waals surface area contributed by atoms with Crippen LogP contribution < -0.4 is 0 Å². The van der Waals surface area contributed by atoms with Crippen LogP contribution in [0.2, 0.25) is 0 Å². The maximum Gasteiger partial charge on any atom is 0.191 e. The van der Waals surface area contributed by atoms with Crippen LogP contribution >= 0.6 is 11.8 Å². The van der Waals surface area contributed by atoms with Crippen LogP contribution in [0.4, 0.5) is 0 Å². The van der Waals surface area contributed by atoms with E-state index in [1.807, 2.05) is 54.3 Å². The molecule has 0 saturated carbocycles.